The Labute approximate surface area is 241 Å². The summed E-state index contributed by atoms with van der Waals surface area (Å²) in [4.78, 5) is 0. The summed E-state index contributed by atoms with van der Waals surface area (Å²) in [5.41, 5.74) is 6.09. The topological polar surface area (TPSA) is 38.0 Å². The third-order valence-corrected chi connectivity index (χ3v) is 8.01. The summed E-state index contributed by atoms with van der Waals surface area (Å²) in [5, 5.41) is 3.24. The maximum Gasteiger partial charge on any atom is 0.0958 e. The molecule has 38 heavy (non-hydrogen) atoms. The first-order chi connectivity index (χ1) is 18.8. The molecule has 0 aliphatic carbocycles. The molecular weight excluding hydrogens is 460 g/mol. The van der Waals surface area contributed by atoms with Gasteiger partial charge in [-0.15, -0.1) is 0 Å². The fourth-order valence-corrected chi connectivity index (χ4v) is 5.35. The maximum atomic E-state index is 6.09. The number of hydrogen-bond donors (Lipinski definition) is 2. The second-order valence-corrected chi connectivity index (χ2v) is 12.0. The lowest BCUT2D eigenvalue weighted by molar-refractivity contribution is 0.536. The van der Waals surface area contributed by atoms with Crippen LogP contribution in [0.4, 0.5) is 0 Å². The number of nitrogens with two attached hydrogens (primary N) is 1. The highest BCUT2D eigenvalue weighted by Gasteiger charge is 1.95. The summed E-state index contributed by atoms with van der Waals surface area (Å²) in [6, 6.07) is 0. The van der Waals surface area contributed by atoms with Crippen LogP contribution in [0.2, 0.25) is 0 Å². The lowest BCUT2D eigenvalue weighted by atomic mass is 10.0. The smallest absolute Gasteiger partial charge is 0.0958 e. The minimum Gasteiger partial charge on any atom is -0.386 e. The van der Waals surface area contributed by atoms with Crippen LogP contribution in [-0.4, -0.2) is 0 Å². The Morgan fingerprint density at radius 3 is 1.05 bits per heavy atom. The molecule has 3 N–H and O–H groups in total. The molecule has 0 amide bonds. The first-order valence-electron chi connectivity index (χ1n) is 17.7. The number of nitrogens with one attached hydrogen (secondary N) is 1. The molecule has 0 aliphatic heterocycles. The molecule has 226 valence electrons. The van der Waals surface area contributed by atoms with E-state index in [2.05, 4.69) is 31.3 Å². The van der Waals surface area contributed by atoms with Crippen LogP contribution in [0, 0.1) is 0 Å². The molecular formula is C36H72N2. The zero-order chi connectivity index (χ0) is 27.6. The van der Waals surface area contributed by atoms with Crippen molar-refractivity contribution in [2.45, 2.75) is 206 Å². The third-order valence-electron chi connectivity index (χ3n) is 8.01. The first kappa shape index (κ1) is 37.1. The second-order valence-electron chi connectivity index (χ2n) is 12.0. The van der Waals surface area contributed by atoms with Crippen molar-refractivity contribution in [3.8, 4) is 0 Å². The van der Waals surface area contributed by atoms with Crippen molar-refractivity contribution >= 4 is 0 Å². The Morgan fingerprint density at radius 1 is 0.421 bits per heavy atom. The van der Waals surface area contributed by atoms with E-state index < -0.39 is 0 Å². The van der Waals surface area contributed by atoms with Gasteiger partial charge in [-0.1, -0.05) is 187 Å². The summed E-state index contributed by atoms with van der Waals surface area (Å²) in [6.45, 7) is 4.59. The van der Waals surface area contributed by atoms with E-state index in [1.165, 1.54) is 180 Å². The van der Waals surface area contributed by atoms with Gasteiger partial charge in [0, 0.05) is 0 Å². The van der Waals surface area contributed by atoms with Crippen molar-refractivity contribution in [1.29, 1.82) is 0 Å². The molecule has 0 saturated heterocycles. The van der Waals surface area contributed by atoms with Crippen LogP contribution >= 0.6 is 0 Å². The van der Waals surface area contributed by atoms with Crippen LogP contribution in [0.1, 0.15) is 206 Å². The summed E-state index contributed by atoms with van der Waals surface area (Å²) < 4.78 is 0. The highest BCUT2D eigenvalue weighted by Crippen LogP contribution is 2.15. The SMILES string of the molecule is CCCCCCCCCCCCCCCCC=CNC(N)=CCCCCCCCCCCCCCCCC. The van der Waals surface area contributed by atoms with Gasteiger partial charge in [-0.3, -0.25) is 0 Å². The van der Waals surface area contributed by atoms with E-state index in [4.69, 9.17) is 5.73 Å². The fourth-order valence-electron chi connectivity index (χ4n) is 5.35. The van der Waals surface area contributed by atoms with Gasteiger partial charge >= 0.3 is 0 Å². The highest BCUT2D eigenvalue weighted by molar-refractivity contribution is 4.98. The van der Waals surface area contributed by atoms with Crippen LogP contribution in [0.25, 0.3) is 0 Å². The quantitative estimate of drug-likeness (QED) is 0.0845. The standard InChI is InChI=1S/C36H72N2/c1-3-5-7-9-11-13-15-17-19-21-23-25-27-29-31-33-35-38-36(37)34-32-30-28-26-24-22-20-18-16-14-12-10-8-6-4-2/h33-35,38H,3-32,37H2,1-2H3. The molecule has 0 atom stereocenters. The van der Waals surface area contributed by atoms with Crippen molar-refractivity contribution in [1.82, 2.24) is 5.32 Å². The Morgan fingerprint density at radius 2 is 0.711 bits per heavy atom. The van der Waals surface area contributed by atoms with E-state index in [9.17, 15) is 0 Å². The van der Waals surface area contributed by atoms with E-state index in [0.29, 0.717) is 0 Å². The van der Waals surface area contributed by atoms with Gasteiger partial charge in [0.15, 0.2) is 0 Å². The van der Waals surface area contributed by atoms with Gasteiger partial charge in [0.2, 0.25) is 0 Å². The zero-order valence-electron chi connectivity index (χ0n) is 26.5. The van der Waals surface area contributed by atoms with Gasteiger partial charge in [0.1, 0.15) is 0 Å². The predicted octanol–water partition coefficient (Wildman–Crippen LogP) is 12.6. The summed E-state index contributed by atoms with van der Waals surface area (Å²) in [7, 11) is 0. The van der Waals surface area contributed by atoms with Crippen molar-refractivity contribution in [3.63, 3.8) is 0 Å². The third kappa shape index (κ3) is 33.1. The Bertz CT molecular complexity index is 482. The normalized spacial score (nSPS) is 12.1. The van der Waals surface area contributed by atoms with Gasteiger partial charge < -0.3 is 11.1 Å². The molecule has 0 fully saturated rings. The summed E-state index contributed by atoms with van der Waals surface area (Å²) in [5.74, 6) is 0.817. The van der Waals surface area contributed by atoms with Crippen molar-refractivity contribution in [2.75, 3.05) is 0 Å². The molecule has 2 nitrogen and oxygen atoms in total. The van der Waals surface area contributed by atoms with E-state index >= 15 is 0 Å². The van der Waals surface area contributed by atoms with E-state index in [0.717, 1.165) is 18.7 Å². The predicted molar refractivity (Wildman–Crippen MR) is 174 cm³/mol. The van der Waals surface area contributed by atoms with E-state index in [1.54, 1.807) is 0 Å². The lowest BCUT2D eigenvalue weighted by Crippen LogP contribution is -2.13. The van der Waals surface area contributed by atoms with Gasteiger partial charge in [0.25, 0.3) is 0 Å². The largest absolute Gasteiger partial charge is 0.386 e. The van der Waals surface area contributed by atoms with Crippen LogP contribution in [0.15, 0.2) is 24.2 Å². The minimum atomic E-state index is 0.817. The average molecular weight is 533 g/mol. The Kier molecular flexibility index (Phi) is 33.3. The Balaban J connectivity index is 3.28. The van der Waals surface area contributed by atoms with E-state index in [1.807, 2.05) is 6.20 Å². The fraction of sp³-hybridized carbons (Fsp3) is 0.889. The molecule has 2 heteroatoms. The molecule has 0 heterocycles. The molecule has 0 aromatic heterocycles. The molecule has 0 unspecified atom stereocenters. The average Bonchev–Trinajstić information content (AvgIpc) is 2.92. The first-order valence-corrected chi connectivity index (χ1v) is 17.7. The molecule has 0 spiro atoms. The molecule has 0 rings (SSSR count). The number of unbranched alkanes of at least 4 members (excludes halogenated alkanes) is 28. The zero-order valence-corrected chi connectivity index (χ0v) is 26.5. The van der Waals surface area contributed by atoms with Crippen molar-refractivity contribution < 1.29 is 0 Å². The lowest BCUT2D eigenvalue weighted by Gasteiger charge is -2.04. The van der Waals surface area contributed by atoms with Gasteiger partial charge in [-0.2, -0.15) is 0 Å². The van der Waals surface area contributed by atoms with Crippen LogP contribution in [-0.2, 0) is 0 Å². The molecule has 0 aromatic rings. The monoisotopic (exact) mass is 533 g/mol. The highest BCUT2D eigenvalue weighted by atomic mass is 15.0. The van der Waals surface area contributed by atoms with Crippen LogP contribution in [0.3, 0.4) is 0 Å². The van der Waals surface area contributed by atoms with Gasteiger partial charge in [0.05, 0.1) is 5.82 Å². The molecule has 0 saturated carbocycles. The van der Waals surface area contributed by atoms with Gasteiger partial charge in [-0.25, -0.2) is 0 Å². The van der Waals surface area contributed by atoms with E-state index in [-0.39, 0.29) is 0 Å². The summed E-state index contributed by atoms with van der Waals surface area (Å²) >= 11 is 0. The molecule has 0 radical (unpaired) electrons. The summed E-state index contributed by atoms with van der Waals surface area (Å²) in [6.07, 6.45) is 48.4. The maximum absolute atomic E-state index is 6.09. The minimum absolute atomic E-state index is 0.817. The number of rotatable bonds is 32. The Hall–Kier alpha value is -0.920. The molecule has 0 aromatic carbocycles. The second kappa shape index (κ2) is 34.1. The van der Waals surface area contributed by atoms with Gasteiger partial charge in [-0.05, 0) is 38.0 Å². The van der Waals surface area contributed by atoms with Crippen LogP contribution < -0.4 is 11.1 Å². The molecule has 0 bridgehead atoms. The van der Waals surface area contributed by atoms with Crippen molar-refractivity contribution in [3.05, 3.63) is 24.2 Å². The van der Waals surface area contributed by atoms with Crippen LogP contribution in [0.5, 0.6) is 0 Å². The molecule has 0 aliphatic rings. The number of allylic oxidation sites excluding steroid dienone is 2. The van der Waals surface area contributed by atoms with Crippen molar-refractivity contribution in [2.24, 2.45) is 5.73 Å². The number of hydrogen-bond acceptors (Lipinski definition) is 2.